The maximum Gasteiger partial charge on any atom is 0.289 e. The summed E-state index contributed by atoms with van der Waals surface area (Å²) in [5.41, 5.74) is 1.98. The van der Waals surface area contributed by atoms with Crippen LogP contribution in [0.3, 0.4) is 0 Å². The van der Waals surface area contributed by atoms with Crippen LogP contribution >= 0.6 is 11.6 Å². The first-order valence-corrected chi connectivity index (χ1v) is 5.89. The number of aromatic nitrogens is 2. The molecule has 19 heavy (non-hydrogen) atoms. The first kappa shape index (κ1) is 13.2. The molecular weight excluding hydrogens is 268 g/mol. The minimum Gasteiger partial charge on any atom is -0.365 e. The van der Waals surface area contributed by atoms with E-state index < -0.39 is 4.92 Å². The first-order valence-electron chi connectivity index (χ1n) is 5.51. The zero-order valence-electron chi connectivity index (χ0n) is 10.1. The highest BCUT2D eigenvalue weighted by molar-refractivity contribution is 6.33. The second kappa shape index (κ2) is 5.62. The summed E-state index contributed by atoms with van der Waals surface area (Å²) in [4.78, 5) is 18.0. The Morgan fingerprint density at radius 1 is 1.47 bits per heavy atom. The van der Waals surface area contributed by atoms with E-state index >= 15 is 0 Å². The van der Waals surface area contributed by atoms with Gasteiger partial charge < -0.3 is 5.32 Å². The Labute approximate surface area is 114 Å². The number of rotatable bonds is 4. The normalized spacial score (nSPS) is 10.2. The van der Waals surface area contributed by atoms with E-state index in [9.17, 15) is 10.1 Å². The van der Waals surface area contributed by atoms with Gasteiger partial charge in [-0.2, -0.15) is 0 Å². The Balaban J connectivity index is 2.12. The maximum absolute atomic E-state index is 10.6. The van der Waals surface area contributed by atoms with Crippen molar-refractivity contribution in [2.24, 2.45) is 0 Å². The number of hydrogen-bond acceptors (Lipinski definition) is 5. The number of halogens is 1. The summed E-state index contributed by atoms with van der Waals surface area (Å²) >= 11 is 5.93. The van der Waals surface area contributed by atoms with Crippen LogP contribution in [0.2, 0.25) is 5.02 Å². The van der Waals surface area contributed by atoms with Crippen LogP contribution in [-0.2, 0) is 6.54 Å². The van der Waals surface area contributed by atoms with E-state index in [0.717, 1.165) is 11.1 Å². The number of anilines is 1. The van der Waals surface area contributed by atoms with Gasteiger partial charge in [0.05, 0.1) is 9.95 Å². The largest absolute Gasteiger partial charge is 0.365 e. The second-order valence-corrected chi connectivity index (χ2v) is 4.34. The molecule has 2 heterocycles. The molecular formula is C12H11ClN4O2. The van der Waals surface area contributed by atoms with Crippen LogP contribution in [0.1, 0.15) is 11.1 Å². The van der Waals surface area contributed by atoms with Gasteiger partial charge >= 0.3 is 0 Å². The van der Waals surface area contributed by atoms with Crippen molar-refractivity contribution in [2.45, 2.75) is 13.5 Å². The average Bonchev–Trinajstić information content (AvgIpc) is 2.39. The van der Waals surface area contributed by atoms with Gasteiger partial charge in [-0.05, 0) is 24.1 Å². The van der Waals surface area contributed by atoms with Crippen LogP contribution in [0.4, 0.5) is 11.5 Å². The quantitative estimate of drug-likeness (QED) is 0.687. The Kier molecular flexibility index (Phi) is 3.91. The SMILES string of the molecule is Cc1ccncc1CNc1ncc([N+](=O)[O-])cc1Cl. The van der Waals surface area contributed by atoms with E-state index in [2.05, 4.69) is 15.3 Å². The third-order valence-electron chi connectivity index (χ3n) is 2.63. The van der Waals surface area contributed by atoms with Crippen molar-refractivity contribution >= 4 is 23.1 Å². The van der Waals surface area contributed by atoms with Gasteiger partial charge in [-0.1, -0.05) is 11.6 Å². The molecule has 2 rings (SSSR count). The molecule has 0 aliphatic carbocycles. The lowest BCUT2D eigenvalue weighted by Gasteiger charge is -2.08. The maximum atomic E-state index is 10.6. The van der Waals surface area contributed by atoms with Crippen molar-refractivity contribution < 1.29 is 4.92 Å². The molecule has 0 aromatic carbocycles. The smallest absolute Gasteiger partial charge is 0.289 e. The Hall–Kier alpha value is -2.21. The van der Waals surface area contributed by atoms with Gasteiger partial charge in [-0.25, -0.2) is 4.98 Å². The summed E-state index contributed by atoms with van der Waals surface area (Å²) in [6.45, 7) is 2.48. The molecule has 0 atom stereocenters. The number of nitrogens with zero attached hydrogens (tertiary/aromatic N) is 3. The van der Waals surface area contributed by atoms with Gasteiger partial charge in [-0.3, -0.25) is 15.1 Å². The van der Waals surface area contributed by atoms with Crippen molar-refractivity contribution in [1.82, 2.24) is 9.97 Å². The fourth-order valence-corrected chi connectivity index (χ4v) is 1.75. The molecule has 2 aromatic heterocycles. The van der Waals surface area contributed by atoms with Crippen molar-refractivity contribution in [3.63, 3.8) is 0 Å². The van der Waals surface area contributed by atoms with E-state index in [4.69, 9.17) is 11.6 Å². The van der Waals surface area contributed by atoms with E-state index in [0.29, 0.717) is 12.4 Å². The number of aryl methyl sites for hydroxylation is 1. The molecule has 0 amide bonds. The molecule has 0 radical (unpaired) electrons. The molecule has 0 fully saturated rings. The molecule has 0 unspecified atom stereocenters. The zero-order valence-corrected chi connectivity index (χ0v) is 10.9. The molecule has 0 saturated heterocycles. The van der Waals surface area contributed by atoms with E-state index in [1.165, 1.54) is 12.3 Å². The van der Waals surface area contributed by atoms with Crippen LogP contribution in [0.25, 0.3) is 0 Å². The summed E-state index contributed by atoms with van der Waals surface area (Å²) in [5.74, 6) is 0.413. The Morgan fingerprint density at radius 2 is 2.26 bits per heavy atom. The zero-order chi connectivity index (χ0) is 13.8. The lowest BCUT2D eigenvalue weighted by Crippen LogP contribution is -2.04. The standard InChI is InChI=1S/C12H11ClN4O2/c1-8-2-3-14-5-9(8)6-15-12-11(13)4-10(7-16-12)17(18)19/h2-5,7H,6H2,1H3,(H,15,16). The van der Waals surface area contributed by atoms with Gasteiger partial charge in [0, 0.05) is 25.0 Å². The molecule has 1 N–H and O–H groups in total. The summed E-state index contributed by atoms with van der Waals surface area (Å²) < 4.78 is 0. The minimum atomic E-state index is -0.534. The predicted molar refractivity (Wildman–Crippen MR) is 72.2 cm³/mol. The number of pyridine rings is 2. The Bertz CT molecular complexity index is 618. The number of nitrogens with one attached hydrogen (secondary N) is 1. The molecule has 2 aromatic rings. The summed E-state index contributed by atoms with van der Waals surface area (Å²) in [6.07, 6.45) is 4.64. The monoisotopic (exact) mass is 278 g/mol. The fourth-order valence-electron chi connectivity index (χ4n) is 1.52. The second-order valence-electron chi connectivity index (χ2n) is 3.94. The van der Waals surface area contributed by atoms with Crippen molar-refractivity contribution in [3.05, 3.63) is 57.0 Å². The molecule has 0 saturated carbocycles. The van der Waals surface area contributed by atoms with Gasteiger partial charge in [-0.15, -0.1) is 0 Å². The third-order valence-corrected chi connectivity index (χ3v) is 2.92. The lowest BCUT2D eigenvalue weighted by molar-refractivity contribution is -0.385. The predicted octanol–water partition coefficient (Wildman–Crippen LogP) is 2.96. The minimum absolute atomic E-state index is 0.131. The molecule has 0 aliphatic heterocycles. The van der Waals surface area contributed by atoms with Crippen LogP contribution in [0, 0.1) is 17.0 Å². The summed E-state index contributed by atoms with van der Waals surface area (Å²) in [7, 11) is 0. The molecule has 98 valence electrons. The van der Waals surface area contributed by atoms with Crippen LogP contribution in [0.5, 0.6) is 0 Å². The highest BCUT2D eigenvalue weighted by atomic mass is 35.5. The van der Waals surface area contributed by atoms with E-state index in [1.807, 2.05) is 13.0 Å². The fraction of sp³-hybridized carbons (Fsp3) is 0.167. The van der Waals surface area contributed by atoms with E-state index in [1.54, 1.807) is 12.4 Å². The van der Waals surface area contributed by atoms with Gasteiger partial charge in [0.1, 0.15) is 12.0 Å². The van der Waals surface area contributed by atoms with Gasteiger partial charge in [0.15, 0.2) is 0 Å². The average molecular weight is 279 g/mol. The molecule has 0 spiro atoms. The Morgan fingerprint density at radius 3 is 2.89 bits per heavy atom. The van der Waals surface area contributed by atoms with Gasteiger partial charge in [0.2, 0.25) is 0 Å². The summed E-state index contributed by atoms with van der Waals surface area (Å²) in [6, 6.07) is 3.18. The lowest BCUT2D eigenvalue weighted by atomic mass is 10.1. The molecule has 6 nitrogen and oxygen atoms in total. The van der Waals surface area contributed by atoms with Crippen molar-refractivity contribution in [3.8, 4) is 0 Å². The van der Waals surface area contributed by atoms with E-state index in [-0.39, 0.29) is 10.7 Å². The topological polar surface area (TPSA) is 81.0 Å². The van der Waals surface area contributed by atoms with Crippen LogP contribution in [0.15, 0.2) is 30.7 Å². The van der Waals surface area contributed by atoms with Crippen LogP contribution in [-0.4, -0.2) is 14.9 Å². The first-order chi connectivity index (χ1) is 9.08. The highest BCUT2D eigenvalue weighted by Crippen LogP contribution is 2.24. The van der Waals surface area contributed by atoms with Crippen molar-refractivity contribution in [1.29, 1.82) is 0 Å². The third kappa shape index (κ3) is 3.17. The van der Waals surface area contributed by atoms with Crippen molar-refractivity contribution in [2.75, 3.05) is 5.32 Å². The summed E-state index contributed by atoms with van der Waals surface area (Å²) in [5, 5.41) is 13.8. The number of hydrogen-bond donors (Lipinski definition) is 1. The molecule has 7 heteroatoms. The number of nitro groups is 1. The molecule has 0 aliphatic rings. The molecule has 0 bridgehead atoms. The van der Waals surface area contributed by atoms with Crippen LogP contribution < -0.4 is 5.32 Å². The highest BCUT2D eigenvalue weighted by Gasteiger charge is 2.10. The van der Waals surface area contributed by atoms with Gasteiger partial charge in [0.25, 0.3) is 5.69 Å².